The Bertz CT molecular complexity index is 780. The summed E-state index contributed by atoms with van der Waals surface area (Å²) in [5.74, 6) is 0.592. The molecular weight excluding hydrogens is 364 g/mol. The smallest absolute Gasteiger partial charge is 0.225 e. The molecule has 2 fully saturated rings. The minimum atomic E-state index is 0.00904. The Morgan fingerprint density at radius 3 is 2.85 bits per heavy atom. The molecule has 2 N–H and O–H groups in total. The number of nitrogens with one attached hydrogen (secondary N) is 2. The number of rotatable bonds is 4. The maximum absolute atomic E-state index is 12.5. The number of amides is 1. The second kappa shape index (κ2) is 8.42. The van der Waals surface area contributed by atoms with Crippen molar-refractivity contribution >= 4 is 17.5 Å². The zero-order valence-electron chi connectivity index (χ0n) is 15.3. The van der Waals surface area contributed by atoms with Crippen LogP contribution in [0.3, 0.4) is 0 Å². The van der Waals surface area contributed by atoms with Crippen molar-refractivity contribution in [2.45, 2.75) is 31.3 Å². The van der Waals surface area contributed by atoms with Crippen LogP contribution in [0.25, 0.3) is 11.3 Å². The average molecular weight is 389 g/mol. The molecule has 1 atom stereocenters. The van der Waals surface area contributed by atoms with Crippen molar-refractivity contribution < 1.29 is 9.53 Å². The molecule has 0 bridgehead atoms. The summed E-state index contributed by atoms with van der Waals surface area (Å²) in [5.41, 5.74) is 2.93. The molecule has 6 nitrogen and oxygen atoms in total. The van der Waals surface area contributed by atoms with Gasteiger partial charge in [0, 0.05) is 43.4 Å². The Morgan fingerprint density at radius 2 is 2.11 bits per heavy atom. The van der Waals surface area contributed by atoms with Crippen LogP contribution in [0.1, 0.15) is 30.9 Å². The number of ether oxygens (including phenoxy) is 1. The Labute approximate surface area is 164 Å². The van der Waals surface area contributed by atoms with E-state index < -0.39 is 0 Å². The summed E-state index contributed by atoms with van der Waals surface area (Å²) in [5, 5.41) is 11.6. The van der Waals surface area contributed by atoms with E-state index in [1.807, 2.05) is 29.2 Å². The maximum atomic E-state index is 12.5. The molecule has 1 aromatic heterocycles. The fourth-order valence-electron chi connectivity index (χ4n) is 3.87. The van der Waals surface area contributed by atoms with E-state index in [4.69, 9.17) is 16.3 Å². The number of piperidine rings is 1. The lowest BCUT2D eigenvalue weighted by atomic mass is 9.93. The quantitative estimate of drug-likeness (QED) is 0.844. The van der Waals surface area contributed by atoms with E-state index in [2.05, 4.69) is 21.6 Å². The number of morpholine rings is 1. The summed E-state index contributed by atoms with van der Waals surface area (Å²) < 4.78 is 5.65. The first-order chi connectivity index (χ1) is 13.2. The Kier molecular flexibility index (Phi) is 5.76. The second-order valence-electron chi connectivity index (χ2n) is 7.24. The number of hydrogen-bond acceptors (Lipinski definition) is 4. The molecular formula is C20H25ClN4O2. The van der Waals surface area contributed by atoms with Crippen LogP contribution in [0.5, 0.6) is 0 Å². The maximum Gasteiger partial charge on any atom is 0.225 e. The van der Waals surface area contributed by atoms with Gasteiger partial charge in [-0.3, -0.25) is 9.89 Å². The van der Waals surface area contributed by atoms with Crippen LogP contribution >= 0.6 is 11.6 Å². The minimum absolute atomic E-state index is 0.00904. The van der Waals surface area contributed by atoms with E-state index in [-0.39, 0.29) is 12.0 Å². The van der Waals surface area contributed by atoms with E-state index in [1.54, 1.807) is 0 Å². The third-order valence-electron chi connectivity index (χ3n) is 5.44. The first kappa shape index (κ1) is 18.5. The molecule has 2 aromatic rings. The molecule has 144 valence electrons. The standard InChI is InChI=1S/C20H25ClN4O2/c21-17-4-2-1-3-16(17)19-12-18(23-24-19)14-5-8-25(9-6-14)20(26)11-15-13-22-7-10-27-15/h1-4,12,14-15,22H,5-11,13H2,(H,23,24). The minimum Gasteiger partial charge on any atom is -0.375 e. The van der Waals surface area contributed by atoms with Gasteiger partial charge in [-0.25, -0.2) is 0 Å². The molecule has 1 amide bonds. The van der Waals surface area contributed by atoms with E-state index in [0.29, 0.717) is 24.0 Å². The SMILES string of the molecule is O=C(CC1CNCCO1)N1CCC(c2cc(-c3ccccc3Cl)n[nH]2)CC1. The van der Waals surface area contributed by atoms with Crippen molar-refractivity contribution in [1.82, 2.24) is 20.4 Å². The van der Waals surface area contributed by atoms with Crippen LogP contribution in [0.15, 0.2) is 30.3 Å². The predicted molar refractivity (Wildman–Crippen MR) is 105 cm³/mol. The number of hydrogen-bond donors (Lipinski definition) is 2. The molecule has 4 rings (SSSR count). The lowest BCUT2D eigenvalue weighted by Crippen LogP contribution is -2.44. The number of aromatic amines is 1. The highest BCUT2D eigenvalue weighted by Crippen LogP contribution is 2.31. The van der Waals surface area contributed by atoms with Gasteiger partial charge >= 0.3 is 0 Å². The van der Waals surface area contributed by atoms with Gasteiger partial charge in [0.2, 0.25) is 5.91 Å². The number of benzene rings is 1. The monoisotopic (exact) mass is 388 g/mol. The first-order valence-electron chi connectivity index (χ1n) is 9.61. The molecule has 7 heteroatoms. The van der Waals surface area contributed by atoms with Crippen molar-refractivity contribution in [2.75, 3.05) is 32.8 Å². The number of aromatic nitrogens is 2. The van der Waals surface area contributed by atoms with E-state index in [1.165, 1.54) is 0 Å². The summed E-state index contributed by atoms with van der Waals surface area (Å²) >= 11 is 6.28. The van der Waals surface area contributed by atoms with E-state index in [9.17, 15) is 4.79 Å². The average Bonchev–Trinajstić information content (AvgIpc) is 3.19. The van der Waals surface area contributed by atoms with Crippen LogP contribution in [0.2, 0.25) is 5.02 Å². The molecule has 0 radical (unpaired) electrons. The van der Waals surface area contributed by atoms with E-state index >= 15 is 0 Å². The van der Waals surface area contributed by atoms with E-state index in [0.717, 1.165) is 56.0 Å². The van der Waals surface area contributed by atoms with Gasteiger partial charge in [0.15, 0.2) is 0 Å². The van der Waals surface area contributed by atoms with Crippen LogP contribution in [-0.4, -0.2) is 59.9 Å². The summed E-state index contributed by atoms with van der Waals surface area (Å²) in [6, 6.07) is 9.82. The topological polar surface area (TPSA) is 70.2 Å². The lowest BCUT2D eigenvalue weighted by Gasteiger charge is -2.33. The number of nitrogens with zero attached hydrogens (tertiary/aromatic N) is 2. The number of halogens is 1. The molecule has 2 aliphatic heterocycles. The van der Waals surface area contributed by atoms with Crippen LogP contribution in [0, 0.1) is 0 Å². The summed E-state index contributed by atoms with van der Waals surface area (Å²) in [6.45, 7) is 3.89. The van der Waals surface area contributed by atoms with Gasteiger partial charge in [-0.1, -0.05) is 29.8 Å². The van der Waals surface area contributed by atoms with Gasteiger partial charge in [0.25, 0.3) is 0 Å². The zero-order valence-corrected chi connectivity index (χ0v) is 16.0. The summed E-state index contributed by atoms with van der Waals surface area (Å²) in [7, 11) is 0. The van der Waals surface area contributed by atoms with Crippen molar-refractivity contribution in [3.05, 3.63) is 41.0 Å². The third-order valence-corrected chi connectivity index (χ3v) is 5.77. The molecule has 2 aliphatic rings. The van der Waals surface area contributed by atoms with Gasteiger partial charge in [-0.05, 0) is 25.0 Å². The predicted octanol–water partition coefficient (Wildman–Crippen LogP) is 2.81. The van der Waals surface area contributed by atoms with Gasteiger partial charge in [-0.15, -0.1) is 0 Å². The normalized spacial score (nSPS) is 21.4. The molecule has 0 spiro atoms. The fourth-order valence-corrected chi connectivity index (χ4v) is 4.10. The highest BCUT2D eigenvalue weighted by Gasteiger charge is 2.27. The molecule has 2 saturated heterocycles. The van der Waals surface area contributed by atoms with Crippen LogP contribution < -0.4 is 5.32 Å². The molecule has 0 aliphatic carbocycles. The number of H-pyrrole nitrogens is 1. The molecule has 3 heterocycles. The van der Waals surface area contributed by atoms with Crippen LogP contribution in [-0.2, 0) is 9.53 Å². The first-order valence-corrected chi connectivity index (χ1v) is 9.99. The van der Waals surface area contributed by atoms with Crippen molar-refractivity contribution in [3.63, 3.8) is 0 Å². The number of likely N-dealkylation sites (tertiary alicyclic amines) is 1. The molecule has 27 heavy (non-hydrogen) atoms. The summed E-state index contributed by atoms with van der Waals surface area (Å²) in [4.78, 5) is 14.5. The highest BCUT2D eigenvalue weighted by molar-refractivity contribution is 6.33. The molecule has 1 unspecified atom stereocenters. The third kappa shape index (κ3) is 4.34. The zero-order chi connectivity index (χ0) is 18.6. The largest absolute Gasteiger partial charge is 0.375 e. The number of carbonyl (C=O) groups excluding carboxylic acids is 1. The Morgan fingerprint density at radius 1 is 1.30 bits per heavy atom. The number of carbonyl (C=O) groups is 1. The van der Waals surface area contributed by atoms with Gasteiger partial charge in [0.05, 0.1) is 29.8 Å². The second-order valence-corrected chi connectivity index (χ2v) is 7.65. The van der Waals surface area contributed by atoms with Crippen molar-refractivity contribution in [1.29, 1.82) is 0 Å². The van der Waals surface area contributed by atoms with Gasteiger partial charge < -0.3 is 15.0 Å². The Hall–Kier alpha value is -1.89. The molecule has 1 aromatic carbocycles. The Balaban J connectivity index is 1.33. The fraction of sp³-hybridized carbons (Fsp3) is 0.500. The highest BCUT2D eigenvalue weighted by atomic mass is 35.5. The lowest BCUT2D eigenvalue weighted by molar-refractivity contribution is -0.135. The van der Waals surface area contributed by atoms with Crippen molar-refractivity contribution in [3.8, 4) is 11.3 Å². The molecule has 0 saturated carbocycles. The van der Waals surface area contributed by atoms with Crippen molar-refractivity contribution in [2.24, 2.45) is 0 Å². The van der Waals surface area contributed by atoms with Gasteiger partial charge in [-0.2, -0.15) is 5.10 Å². The summed E-state index contributed by atoms with van der Waals surface area (Å²) in [6.07, 6.45) is 2.37. The van der Waals surface area contributed by atoms with Crippen LogP contribution in [0.4, 0.5) is 0 Å². The van der Waals surface area contributed by atoms with Gasteiger partial charge in [0.1, 0.15) is 0 Å².